The van der Waals surface area contributed by atoms with E-state index in [1.54, 1.807) is 18.4 Å². The lowest BCUT2D eigenvalue weighted by atomic mass is 9.84. The fourth-order valence-electron chi connectivity index (χ4n) is 2.22. The van der Waals surface area contributed by atoms with Crippen LogP contribution in [0.2, 0.25) is 0 Å². The first-order valence-corrected chi connectivity index (χ1v) is 7.82. The van der Waals surface area contributed by atoms with Crippen molar-refractivity contribution in [2.24, 2.45) is 4.99 Å². The molecule has 0 fully saturated rings. The van der Waals surface area contributed by atoms with Crippen molar-refractivity contribution < 1.29 is 8.81 Å². The smallest absolute Gasteiger partial charge is 0.191 e. The lowest BCUT2D eigenvalue weighted by molar-refractivity contribution is 0.499. The Morgan fingerprint density at radius 1 is 1.21 bits per heavy atom. The number of furan rings is 1. The number of nitrogens with one attached hydrogen (secondary N) is 2. The van der Waals surface area contributed by atoms with Gasteiger partial charge in [0.25, 0.3) is 0 Å². The molecule has 1 heterocycles. The molecule has 0 aliphatic rings. The highest BCUT2D eigenvalue weighted by Crippen LogP contribution is 2.22. The van der Waals surface area contributed by atoms with Crippen LogP contribution in [0.3, 0.4) is 0 Å². The van der Waals surface area contributed by atoms with Gasteiger partial charge in [-0.15, -0.1) is 24.0 Å². The Morgan fingerprint density at radius 3 is 2.62 bits per heavy atom. The molecule has 0 saturated heterocycles. The van der Waals surface area contributed by atoms with E-state index < -0.39 is 0 Å². The third kappa shape index (κ3) is 6.14. The van der Waals surface area contributed by atoms with Crippen LogP contribution in [0.5, 0.6) is 0 Å². The second kappa shape index (κ2) is 9.66. The van der Waals surface area contributed by atoms with Gasteiger partial charge in [0, 0.05) is 18.5 Å². The summed E-state index contributed by atoms with van der Waals surface area (Å²) in [4.78, 5) is 4.50. The summed E-state index contributed by atoms with van der Waals surface area (Å²) in [5, 5.41) is 6.52. The van der Waals surface area contributed by atoms with Gasteiger partial charge >= 0.3 is 0 Å². The molecule has 1 aromatic carbocycles. The predicted octanol–water partition coefficient (Wildman–Crippen LogP) is 4.07. The van der Waals surface area contributed by atoms with E-state index in [1.807, 2.05) is 25.1 Å². The molecule has 4 nitrogen and oxygen atoms in total. The molecule has 24 heavy (non-hydrogen) atoms. The highest BCUT2D eigenvalue weighted by molar-refractivity contribution is 14.0. The van der Waals surface area contributed by atoms with Gasteiger partial charge in [0.1, 0.15) is 18.1 Å². The van der Waals surface area contributed by atoms with Crippen molar-refractivity contribution in [1.29, 1.82) is 0 Å². The SMILES string of the molecule is CCNC(=NCc1ccco1)NCC(C)(C)c1cccc(F)c1.I. The van der Waals surface area contributed by atoms with Gasteiger partial charge < -0.3 is 15.1 Å². The number of hydrogen-bond acceptors (Lipinski definition) is 2. The van der Waals surface area contributed by atoms with E-state index >= 15 is 0 Å². The first kappa shape index (κ1) is 20.5. The van der Waals surface area contributed by atoms with Gasteiger partial charge in [-0.05, 0) is 36.8 Å². The van der Waals surface area contributed by atoms with Crippen LogP contribution in [-0.4, -0.2) is 19.0 Å². The largest absolute Gasteiger partial charge is 0.467 e. The molecular weight excluding hydrogens is 420 g/mol. The number of nitrogens with zero attached hydrogens (tertiary/aromatic N) is 1. The molecule has 0 saturated carbocycles. The van der Waals surface area contributed by atoms with Crippen LogP contribution in [0.15, 0.2) is 52.1 Å². The fourth-order valence-corrected chi connectivity index (χ4v) is 2.22. The third-order valence-corrected chi connectivity index (χ3v) is 3.62. The Hall–Kier alpha value is -1.57. The van der Waals surface area contributed by atoms with E-state index in [9.17, 15) is 4.39 Å². The van der Waals surface area contributed by atoms with Crippen LogP contribution in [0.1, 0.15) is 32.1 Å². The van der Waals surface area contributed by atoms with E-state index in [0.29, 0.717) is 19.0 Å². The maximum absolute atomic E-state index is 13.4. The maximum Gasteiger partial charge on any atom is 0.191 e. The Labute approximate surface area is 160 Å². The molecule has 2 rings (SSSR count). The van der Waals surface area contributed by atoms with Crippen LogP contribution >= 0.6 is 24.0 Å². The number of aliphatic imine (C=N–C) groups is 1. The second-order valence-corrected chi connectivity index (χ2v) is 6.02. The molecule has 6 heteroatoms. The van der Waals surface area contributed by atoms with Gasteiger partial charge in [0.15, 0.2) is 5.96 Å². The lowest BCUT2D eigenvalue weighted by Gasteiger charge is -2.26. The van der Waals surface area contributed by atoms with Crippen LogP contribution in [-0.2, 0) is 12.0 Å². The summed E-state index contributed by atoms with van der Waals surface area (Å²) in [6.45, 7) is 8.05. The molecule has 132 valence electrons. The van der Waals surface area contributed by atoms with E-state index in [2.05, 4.69) is 29.5 Å². The summed E-state index contributed by atoms with van der Waals surface area (Å²) in [7, 11) is 0. The maximum atomic E-state index is 13.4. The van der Waals surface area contributed by atoms with Crippen molar-refractivity contribution in [2.75, 3.05) is 13.1 Å². The number of rotatable bonds is 6. The highest BCUT2D eigenvalue weighted by atomic mass is 127. The molecule has 0 bridgehead atoms. The topological polar surface area (TPSA) is 49.6 Å². The Balaban J connectivity index is 0.00000288. The van der Waals surface area contributed by atoms with Crippen molar-refractivity contribution in [3.05, 3.63) is 59.8 Å². The number of guanidine groups is 1. The monoisotopic (exact) mass is 445 g/mol. The lowest BCUT2D eigenvalue weighted by Crippen LogP contribution is -2.43. The first-order valence-electron chi connectivity index (χ1n) is 7.82. The van der Waals surface area contributed by atoms with Crippen molar-refractivity contribution in [2.45, 2.75) is 32.7 Å². The number of halogens is 2. The zero-order valence-corrected chi connectivity index (χ0v) is 16.6. The molecule has 0 atom stereocenters. The van der Waals surface area contributed by atoms with Crippen LogP contribution in [0, 0.1) is 5.82 Å². The Bertz CT molecular complexity index is 641. The Kier molecular flexibility index (Phi) is 8.24. The first-order chi connectivity index (χ1) is 11.0. The summed E-state index contributed by atoms with van der Waals surface area (Å²) in [5.41, 5.74) is 0.732. The number of benzene rings is 1. The van der Waals surface area contributed by atoms with E-state index in [0.717, 1.165) is 17.9 Å². The molecular formula is C18H25FIN3O. The summed E-state index contributed by atoms with van der Waals surface area (Å²) >= 11 is 0. The van der Waals surface area contributed by atoms with E-state index in [-0.39, 0.29) is 35.2 Å². The van der Waals surface area contributed by atoms with Crippen molar-refractivity contribution >= 4 is 29.9 Å². The van der Waals surface area contributed by atoms with Crippen LogP contribution in [0.4, 0.5) is 4.39 Å². The fraction of sp³-hybridized carbons (Fsp3) is 0.389. The molecule has 0 aliphatic carbocycles. The zero-order valence-electron chi connectivity index (χ0n) is 14.3. The summed E-state index contributed by atoms with van der Waals surface area (Å²) < 4.78 is 18.7. The van der Waals surface area contributed by atoms with Gasteiger partial charge in [-0.3, -0.25) is 0 Å². The number of hydrogen-bond donors (Lipinski definition) is 2. The van der Waals surface area contributed by atoms with Gasteiger partial charge in [0.05, 0.1) is 6.26 Å². The van der Waals surface area contributed by atoms with Crippen LogP contribution < -0.4 is 10.6 Å². The van der Waals surface area contributed by atoms with Gasteiger partial charge in [-0.1, -0.05) is 26.0 Å². The third-order valence-electron chi connectivity index (χ3n) is 3.62. The minimum absolute atomic E-state index is 0. The molecule has 0 amide bonds. The van der Waals surface area contributed by atoms with Crippen LogP contribution in [0.25, 0.3) is 0 Å². The average molecular weight is 445 g/mol. The summed E-state index contributed by atoms with van der Waals surface area (Å²) in [6, 6.07) is 10.5. The molecule has 0 unspecified atom stereocenters. The predicted molar refractivity (Wildman–Crippen MR) is 106 cm³/mol. The minimum Gasteiger partial charge on any atom is -0.467 e. The van der Waals surface area contributed by atoms with Crippen molar-refractivity contribution in [1.82, 2.24) is 10.6 Å². The van der Waals surface area contributed by atoms with E-state index in [4.69, 9.17) is 4.42 Å². The van der Waals surface area contributed by atoms with Gasteiger partial charge in [0.2, 0.25) is 0 Å². The van der Waals surface area contributed by atoms with Gasteiger partial charge in [-0.2, -0.15) is 0 Å². The molecule has 0 spiro atoms. The second-order valence-electron chi connectivity index (χ2n) is 6.02. The molecule has 2 N–H and O–H groups in total. The average Bonchev–Trinajstić information content (AvgIpc) is 3.03. The zero-order chi connectivity index (χ0) is 16.7. The molecule has 1 aromatic heterocycles. The van der Waals surface area contributed by atoms with Crippen molar-refractivity contribution in [3.63, 3.8) is 0 Å². The van der Waals surface area contributed by atoms with E-state index in [1.165, 1.54) is 6.07 Å². The minimum atomic E-state index is -0.219. The van der Waals surface area contributed by atoms with Gasteiger partial charge in [-0.25, -0.2) is 9.38 Å². The van der Waals surface area contributed by atoms with Crippen molar-refractivity contribution in [3.8, 4) is 0 Å². The highest BCUT2D eigenvalue weighted by Gasteiger charge is 2.21. The normalized spacial score (nSPS) is 11.8. The molecule has 0 radical (unpaired) electrons. The summed E-state index contributed by atoms with van der Waals surface area (Å²) in [5.74, 6) is 1.31. The summed E-state index contributed by atoms with van der Waals surface area (Å²) in [6.07, 6.45) is 1.64. The quantitative estimate of drug-likeness (QED) is 0.401. The molecule has 2 aromatic rings. The Morgan fingerprint density at radius 2 is 2.00 bits per heavy atom. The standard InChI is InChI=1S/C18H24FN3O.HI/c1-4-20-17(21-12-16-9-6-10-23-16)22-13-18(2,3)14-7-5-8-15(19)11-14;/h5-11H,4,12-13H2,1-3H3,(H2,20,21,22);1H. The molecule has 0 aliphatic heterocycles.